The van der Waals surface area contributed by atoms with Gasteiger partial charge in [-0.1, -0.05) is 0 Å². The topological polar surface area (TPSA) is 75.2 Å². The number of H-pyrrole nitrogens is 1. The molecule has 6 aliphatic carbocycles. The molecule has 0 aliphatic heterocycles. The first-order valence-corrected chi connectivity index (χ1v) is 16.3. The summed E-state index contributed by atoms with van der Waals surface area (Å²) < 4.78 is 123. The van der Waals surface area contributed by atoms with Crippen molar-refractivity contribution >= 4 is 0 Å². The fourth-order valence-corrected chi connectivity index (χ4v) is 8.18. The fraction of sp³-hybridized carbons (Fsp3) is 0.667. The lowest BCUT2D eigenvalue weighted by molar-refractivity contribution is -0.142. The van der Waals surface area contributed by atoms with E-state index < -0.39 is 53.1 Å². The van der Waals surface area contributed by atoms with Crippen molar-refractivity contribution in [3.63, 3.8) is 0 Å². The highest BCUT2D eigenvalue weighted by Gasteiger charge is 2.68. The summed E-state index contributed by atoms with van der Waals surface area (Å²) in [6, 6.07) is 1.59. The van der Waals surface area contributed by atoms with Crippen molar-refractivity contribution in [1.29, 1.82) is 5.26 Å². The summed E-state index contributed by atoms with van der Waals surface area (Å²) in [4.78, 5) is 2.52. The van der Waals surface area contributed by atoms with Gasteiger partial charge in [-0.25, -0.2) is 0 Å². The molecule has 6 unspecified atom stereocenters. The van der Waals surface area contributed by atoms with Gasteiger partial charge in [0.2, 0.25) is 0 Å². The Labute approximate surface area is 270 Å². The van der Waals surface area contributed by atoms with Crippen molar-refractivity contribution in [2.45, 2.75) is 121 Å². The van der Waals surface area contributed by atoms with E-state index in [1.807, 2.05) is 19.9 Å². The van der Waals surface area contributed by atoms with E-state index in [-0.39, 0.29) is 35.0 Å². The highest BCUT2D eigenvalue weighted by atomic mass is 19.4. The van der Waals surface area contributed by atoms with Gasteiger partial charge in [-0.15, -0.1) is 0 Å². The molecule has 0 saturated heterocycles. The van der Waals surface area contributed by atoms with Crippen LogP contribution >= 0.6 is 0 Å². The molecule has 260 valence electrons. The van der Waals surface area contributed by atoms with E-state index >= 15 is 0 Å². The number of aromatic amines is 1. The monoisotopic (exact) mass is 686 g/mol. The van der Waals surface area contributed by atoms with Crippen LogP contribution in [0, 0.1) is 29.1 Å². The Hall–Kier alpha value is -3.44. The van der Waals surface area contributed by atoms with Crippen molar-refractivity contribution in [2.75, 3.05) is 0 Å². The summed E-state index contributed by atoms with van der Waals surface area (Å²) in [6.45, 7) is 7.84. The third-order valence-corrected chi connectivity index (χ3v) is 10.6. The van der Waals surface area contributed by atoms with Crippen LogP contribution in [-0.4, -0.2) is 24.5 Å². The van der Waals surface area contributed by atoms with Gasteiger partial charge in [-0.2, -0.15) is 55.0 Å². The molecule has 3 saturated carbocycles. The normalized spacial score (nSPS) is 28.9. The van der Waals surface area contributed by atoms with Crippen LogP contribution in [0.2, 0.25) is 0 Å². The maximum atomic E-state index is 14.1. The Balaban J connectivity index is 0.000000115. The van der Waals surface area contributed by atoms with Gasteiger partial charge in [-0.05, 0) is 77.6 Å². The van der Waals surface area contributed by atoms with E-state index in [2.05, 4.69) is 15.2 Å². The third-order valence-electron chi connectivity index (χ3n) is 10.6. The Morgan fingerprint density at radius 2 is 1.44 bits per heavy atom. The third kappa shape index (κ3) is 4.89. The molecule has 6 atom stereocenters. The first-order chi connectivity index (χ1) is 22.2. The average Bonchev–Trinajstić information content (AvgIpc) is 3.93. The minimum Gasteiger partial charge on any atom is -0.359 e. The highest BCUT2D eigenvalue weighted by Crippen LogP contribution is 2.69. The molecule has 3 heterocycles. The molecule has 48 heavy (non-hydrogen) atoms. The second kappa shape index (κ2) is 10.3. The van der Waals surface area contributed by atoms with Crippen molar-refractivity contribution in [3.05, 3.63) is 56.9 Å². The molecule has 1 N–H and O–H groups in total. The zero-order chi connectivity index (χ0) is 35.0. The van der Waals surface area contributed by atoms with Crippen LogP contribution in [0.1, 0.15) is 141 Å². The maximum absolute atomic E-state index is 14.1. The lowest BCUT2D eigenvalue weighted by Crippen LogP contribution is -2.21. The second-order valence-corrected chi connectivity index (χ2v) is 14.7. The largest absolute Gasteiger partial charge is 0.435 e. The van der Waals surface area contributed by atoms with Crippen LogP contribution in [0.3, 0.4) is 0 Å². The summed E-state index contributed by atoms with van der Waals surface area (Å²) in [7, 11) is 0. The number of nitrogens with zero attached hydrogens (tertiary/aromatic N) is 5. The number of rotatable bonds is 3. The minimum atomic E-state index is -4.31. The molecule has 0 aromatic carbocycles. The van der Waals surface area contributed by atoms with Gasteiger partial charge >= 0.3 is 6.18 Å². The van der Waals surface area contributed by atoms with Gasteiger partial charge in [0.25, 0.3) is 17.8 Å². The van der Waals surface area contributed by atoms with E-state index in [4.69, 9.17) is 5.26 Å². The first-order valence-electron chi connectivity index (χ1n) is 16.3. The fourth-order valence-electron chi connectivity index (χ4n) is 8.18. The van der Waals surface area contributed by atoms with Crippen LogP contribution in [0.4, 0.5) is 39.5 Å². The number of fused-ring (bicyclic) bond motifs is 9. The van der Waals surface area contributed by atoms with Crippen molar-refractivity contribution in [1.82, 2.24) is 24.5 Å². The van der Waals surface area contributed by atoms with Crippen LogP contribution in [-0.2, 0) is 30.4 Å². The number of nitrogens with one attached hydrogen (secondary N) is 1. The van der Waals surface area contributed by atoms with Crippen LogP contribution in [0.15, 0.2) is 6.20 Å². The summed E-state index contributed by atoms with van der Waals surface area (Å²) in [5.41, 5.74) is 0.972. The predicted octanol–water partition coefficient (Wildman–Crippen LogP) is 9.41. The van der Waals surface area contributed by atoms with Crippen LogP contribution in [0.25, 0.3) is 0 Å². The zero-order valence-electron chi connectivity index (χ0n) is 26.9. The number of alkyl halides is 9. The smallest absolute Gasteiger partial charge is 0.359 e. The van der Waals surface area contributed by atoms with Crippen LogP contribution in [0.5, 0.6) is 0 Å². The Morgan fingerprint density at radius 3 is 2.00 bits per heavy atom. The quantitative estimate of drug-likeness (QED) is 0.279. The van der Waals surface area contributed by atoms with Gasteiger partial charge in [0, 0.05) is 65.3 Å². The Bertz CT molecular complexity index is 1820. The molecule has 3 fully saturated rings. The Kier molecular flexibility index (Phi) is 7.09. The molecule has 9 rings (SSSR count). The van der Waals surface area contributed by atoms with E-state index in [9.17, 15) is 39.5 Å². The van der Waals surface area contributed by atoms with E-state index in [1.54, 1.807) is 18.5 Å². The second-order valence-electron chi connectivity index (χ2n) is 14.7. The molecule has 3 aromatic heterocycles. The summed E-state index contributed by atoms with van der Waals surface area (Å²) in [5, 5.41) is 16.3. The maximum Gasteiger partial charge on any atom is 0.435 e. The van der Waals surface area contributed by atoms with Crippen molar-refractivity contribution in [3.8, 4) is 6.07 Å². The summed E-state index contributed by atoms with van der Waals surface area (Å²) in [5.74, 6) is -9.79. The number of nitriles is 1. The molecular formula is C33H35F9N6. The molecule has 15 heteroatoms. The van der Waals surface area contributed by atoms with Gasteiger partial charge < -0.3 is 4.98 Å². The molecule has 0 radical (unpaired) electrons. The first kappa shape index (κ1) is 33.1. The lowest BCUT2D eigenvalue weighted by Gasteiger charge is -2.17. The lowest BCUT2D eigenvalue weighted by atomic mass is 9.95. The van der Waals surface area contributed by atoms with E-state index in [1.165, 1.54) is 6.20 Å². The minimum absolute atomic E-state index is 0.000741. The highest BCUT2D eigenvalue weighted by molar-refractivity contribution is 5.52. The number of halogens is 9. The van der Waals surface area contributed by atoms with Gasteiger partial charge in [-0.3, -0.25) is 9.36 Å². The molecule has 0 spiro atoms. The molecule has 6 nitrogen and oxygen atoms in total. The van der Waals surface area contributed by atoms with Gasteiger partial charge in [0.1, 0.15) is 17.5 Å². The summed E-state index contributed by atoms with van der Waals surface area (Å²) >= 11 is 0. The van der Waals surface area contributed by atoms with Gasteiger partial charge in [0.05, 0.1) is 11.3 Å². The SMILES string of the molecule is CC(C)n1nc(C(C)(F)F)c2c1C(F)(F)C1CC21.CC(C)n1nc(C(F)(F)F)c2c1C1CC1CC2.N#Cc1c[nH]c2c1C1CC1C2(F)F. The average molecular weight is 687 g/mol. The summed E-state index contributed by atoms with van der Waals surface area (Å²) in [6.07, 6.45) is 0.379. The Morgan fingerprint density at radius 1 is 0.854 bits per heavy atom. The number of aromatic nitrogens is 5. The zero-order valence-corrected chi connectivity index (χ0v) is 26.9. The van der Waals surface area contributed by atoms with Gasteiger partial charge in [0.15, 0.2) is 5.69 Å². The van der Waals surface area contributed by atoms with E-state index in [0.29, 0.717) is 54.7 Å². The van der Waals surface area contributed by atoms with Crippen molar-refractivity contribution in [2.24, 2.45) is 17.8 Å². The molecular weight excluding hydrogens is 651 g/mol. The standard InChI is InChI=1S/C12H14F4N2.C12H15F3N2.C9H6F2N2/c1-5(2)18-10-8(9(17-18)11(3,13)14)6-4-7(6)12(10,15)16;1-6(2)17-10-8(4-3-7-5-9(7)10)11(16-17)12(13,14)15;10-9(11)6-1-5(6)7-4(2-12)3-13-8(7)9/h5-7H,4H2,1-3H3;6-7,9H,3-5H2,1-2H3;3,5-6,13H,1H2. The molecule has 0 bridgehead atoms. The van der Waals surface area contributed by atoms with E-state index in [0.717, 1.165) is 23.2 Å². The van der Waals surface area contributed by atoms with Crippen LogP contribution < -0.4 is 0 Å². The molecule has 6 aliphatic rings. The molecule has 3 aromatic rings. The number of hydrogen-bond donors (Lipinski definition) is 1. The predicted molar refractivity (Wildman–Crippen MR) is 154 cm³/mol. The number of hydrogen-bond acceptors (Lipinski definition) is 3. The molecule has 0 amide bonds. The van der Waals surface area contributed by atoms with Crippen molar-refractivity contribution < 1.29 is 39.5 Å².